The van der Waals surface area contributed by atoms with Crippen LogP contribution in [0.15, 0.2) is 30.3 Å². The van der Waals surface area contributed by atoms with Gasteiger partial charge in [-0.1, -0.05) is 30.3 Å². The minimum atomic E-state index is 0.177. The van der Waals surface area contributed by atoms with Gasteiger partial charge in [0.2, 0.25) is 0 Å². The fourth-order valence-electron chi connectivity index (χ4n) is 1.99. The minimum absolute atomic E-state index is 0.177. The summed E-state index contributed by atoms with van der Waals surface area (Å²) in [5, 5.41) is 1.13. The summed E-state index contributed by atoms with van der Waals surface area (Å²) in [6.45, 7) is 4.11. The lowest BCUT2D eigenvalue weighted by molar-refractivity contribution is 0.668. The van der Waals surface area contributed by atoms with Crippen molar-refractivity contribution in [1.29, 1.82) is 0 Å². The van der Waals surface area contributed by atoms with E-state index in [0.29, 0.717) is 0 Å². The first kappa shape index (κ1) is 12.3. The fraction of sp³-hybridized carbons (Fsp3) is 0.357. The normalized spacial score (nSPS) is 12.6. The Hall–Kier alpha value is -1.19. The number of hydrogen-bond acceptors (Lipinski definition) is 3. The number of nitrogens with zero attached hydrogens (tertiary/aromatic N) is 1. The zero-order valence-electron chi connectivity index (χ0n) is 10.3. The van der Waals surface area contributed by atoms with E-state index in [1.807, 2.05) is 13.0 Å². The van der Waals surface area contributed by atoms with Gasteiger partial charge in [0, 0.05) is 10.9 Å². The average Bonchev–Trinajstić information content (AvgIpc) is 2.58. The Labute approximate surface area is 107 Å². The highest BCUT2D eigenvalue weighted by atomic mass is 32.1. The quantitative estimate of drug-likeness (QED) is 0.901. The van der Waals surface area contributed by atoms with Gasteiger partial charge >= 0.3 is 0 Å². The number of thiazole rings is 1. The Bertz CT molecular complexity index is 476. The molecule has 3 heteroatoms. The van der Waals surface area contributed by atoms with Crippen LogP contribution in [-0.2, 0) is 12.8 Å². The smallest absolute Gasteiger partial charge is 0.0900 e. The van der Waals surface area contributed by atoms with Crippen molar-refractivity contribution in [2.45, 2.75) is 32.7 Å². The van der Waals surface area contributed by atoms with E-state index in [1.54, 1.807) is 11.3 Å². The summed E-state index contributed by atoms with van der Waals surface area (Å²) in [7, 11) is 0. The van der Waals surface area contributed by atoms with Crippen molar-refractivity contribution in [2.24, 2.45) is 5.73 Å². The maximum atomic E-state index is 6.19. The van der Waals surface area contributed by atoms with Gasteiger partial charge in [0.05, 0.1) is 10.7 Å². The SMILES string of the molecule is Cc1nc(C)c(CC(N)Cc2ccccc2)s1. The van der Waals surface area contributed by atoms with Crippen LogP contribution in [0, 0.1) is 13.8 Å². The molecule has 0 aliphatic heterocycles. The van der Waals surface area contributed by atoms with E-state index in [-0.39, 0.29) is 6.04 Å². The predicted molar refractivity (Wildman–Crippen MR) is 73.4 cm³/mol. The van der Waals surface area contributed by atoms with Crippen molar-refractivity contribution in [2.75, 3.05) is 0 Å². The maximum Gasteiger partial charge on any atom is 0.0900 e. The van der Waals surface area contributed by atoms with Gasteiger partial charge in [-0.2, -0.15) is 0 Å². The second kappa shape index (κ2) is 5.43. The number of aryl methyl sites for hydroxylation is 2. The standard InChI is InChI=1S/C14H18N2S/c1-10-14(17-11(2)16-10)9-13(15)8-12-6-4-3-5-7-12/h3-7,13H,8-9,15H2,1-2H3. The van der Waals surface area contributed by atoms with Crippen LogP contribution in [-0.4, -0.2) is 11.0 Å². The Morgan fingerprint density at radius 2 is 1.88 bits per heavy atom. The highest BCUT2D eigenvalue weighted by Crippen LogP contribution is 2.19. The van der Waals surface area contributed by atoms with Gasteiger partial charge in [-0.05, 0) is 32.3 Å². The molecule has 2 aromatic rings. The molecule has 17 heavy (non-hydrogen) atoms. The second-order valence-corrected chi connectivity index (χ2v) is 5.68. The lowest BCUT2D eigenvalue weighted by Gasteiger charge is -2.10. The largest absolute Gasteiger partial charge is 0.327 e. The Morgan fingerprint density at radius 1 is 1.18 bits per heavy atom. The monoisotopic (exact) mass is 246 g/mol. The third-order valence-electron chi connectivity index (χ3n) is 2.79. The molecule has 1 atom stereocenters. The van der Waals surface area contributed by atoms with Crippen molar-refractivity contribution >= 4 is 11.3 Å². The molecule has 0 aliphatic rings. The fourth-order valence-corrected chi connectivity index (χ4v) is 3.02. The van der Waals surface area contributed by atoms with Crippen molar-refractivity contribution < 1.29 is 0 Å². The molecule has 2 N–H and O–H groups in total. The molecule has 0 amide bonds. The molecule has 90 valence electrons. The van der Waals surface area contributed by atoms with Gasteiger partial charge in [-0.3, -0.25) is 0 Å². The molecule has 2 nitrogen and oxygen atoms in total. The van der Waals surface area contributed by atoms with E-state index >= 15 is 0 Å². The summed E-state index contributed by atoms with van der Waals surface area (Å²) in [5.74, 6) is 0. The minimum Gasteiger partial charge on any atom is -0.327 e. The summed E-state index contributed by atoms with van der Waals surface area (Å²) in [6, 6.07) is 10.6. The third kappa shape index (κ3) is 3.38. The number of rotatable bonds is 4. The highest BCUT2D eigenvalue weighted by Gasteiger charge is 2.10. The van der Waals surface area contributed by atoms with Gasteiger partial charge < -0.3 is 5.73 Å². The number of nitrogens with two attached hydrogens (primary N) is 1. The number of benzene rings is 1. The Kier molecular flexibility index (Phi) is 3.92. The molecule has 1 aromatic carbocycles. The molecule has 2 rings (SSSR count). The van der Waals surface area contributed by atoms with E-state index < -0.39 is 0 Å². The van der Waals surface area contributed by atoms with Gasteiger partial charge in [0.15, 0.2) is 0 Å². The van der Waals surface area contributed by atoms with Crippen molar-refractivity contribution in [1.82, 2.24) is 4.98 Å². The first-order valence-corrected chi connectivity index (χ1v) is 6.69. The molecular weight excluding hydrogens is 228 g/mol. The second-order valence-electron chi connectivity index (χ2n) is 4.40. The van der Waals surface area contributed by atoms with E-state index in [0.717, 1.165) is 23.5 Å². The average molecular weight is 246 g/mol. The molecule has 0 saturated heterocycles. The predicted octanol–water partition coefficient (Wildman–Crippen LogP) is 2.87. The maximum absolute atomic E-state index is 6.19. The van der Waals surface area contributed by atoms with Crippen LogP contribution in [0.4, 0.5) is 0 Å². The van der Waals surface area contributed by atoms with Crippen LogP contribution in [0.5, 0.6) is 0 Å². The van der Waals surface area contributed by atoms with Crippen LogP contribution < -0.4 is 5.73 Å². The molecule has 0 spiro atoms. The Balaban J connectivity index is 1.98. The summed E-state index contributed by atoms with van der Waals surface area (Å²) >= 11 is 1.76. The lowest BCUT2D eigenvalue weighted by Crippen LogP contribution is -2.25. The number of hydrogen-bond donors (Lipinski definition) is 1. The highest BCUT2D eigenvalue weighted by molar-refractivity contribution is 7.11. The van der Waals surface area contributed by atoms with E-state index in [4.69, 9.17) is 5.73 Å². The molecule has 0 radical (unpaired) electrons. The molecular formula is C14H18N2S. The Morgan fingerprint density at radius 3 is 2.47 bits per heavy atom. The van der Waals surface area contributed by atoms with Gasteiger partial charge in [0.25, 0.3) is 0 Å². The van der Waals surface area contributed by atoms with Crippen molar-refractivity contribution in [3.63, 3.8) is 0 Å². The van der Waals surface area contributed by atoms with Crippen LogP contribution in [0.1, 0.15) is 21.1 Å². The van der Waals surface area contributed by atoms with Crippen molar-refractivity contribution in [3.05, 3.63) is 51.5 Å². The lowest BCUT2D eigenvalue weighted by atomic mass is 10.0. The van der Waals surface area contributed by atoms with Gasteiger partial charge in [0.1, 0.15) is 0 Å². The third-order valence-corrected chi connectivity index (χ3v) is 3.88. The van der Waals surface area contributed by atoms with Crippen molar-refractivity contribution in [3.8, 4) is 0 Å². The molecule has 1 heterocycles. The molecule has 0 fully saturated rings. The van der Waals surface area contributed by atoms with E-state index in [9.17, 15) is 0 Å². The first-order valence-electron chi connectivity index (χ1n) is 5.87. The van der Waals surface area contributed by atoms with Crippen LogP contribution in [0.25, 0.3) is 0 Å². The van der Waals surface area contributed by atoms with Crippen LogP contribution in [0.3, 0.4) is 0 Å². The topological polar surface area (TPSA) is 38.9 Å². The molecule has 0 saturated carbocycles. The van der Waals surface area contributed by atoms with Crippen LogP contribution >= 0.6 is 11.3 Å². The summed E-state index contributed by atoms with van der Waals surface area (Å²) < 4.78 is 0. The zero-order valence-corrected chi connectivity index (χ0v) is 11.1. The molecule has 0 bridgehead atoms. The van der Waals surface area contributed by atoms with E-state index in [2.05, 4.69) is 36.2 Å². The van der Waals surface area contributed by atoms with E-state index in [1.165, 1.54) is 10.4 Å². The number of aromatic nitrogens is 1. The molecule has 0 aliphatic carbocycles. The molecule has 1 aromatic heterocycles. The first-order chi connectivity index (χ1) is 8.15. The van der Waals surface area contributed by atoms with Gasteiger partial charge in [-0.25, -0.2) is 4.98 Å². The van der Waals surface area contributed by atoms with Crippen LogP contribution in [0.2, 0.25) is 0 Å². The molecule has 1 unspecified atom stereocenters. The summed E-state index contributed by atoms with van der Waals surface area (Å²) in [6.07, 6.45) is 1.85. The zero-order chi connectivity index (χ0) is 12.3. The van der Waals surface area contributed by atoms with Gasteiger partial charge in [-0.15, -0.1) is 11.3 Å². The summed E-state index contributed by atoms with van der Waals surface area (Å²) in [5.41, 5.74) is 8.63. The summed E-state index contributed by atoms with van der Waals surface area (Å²) in [4.78, 5) is 5.76.